The molecule has 0 amide bonds. The van der Waals surface area contributed by atoms with Gasteiger partial charge in [0.2, 0.25) is 6.79 Å². The van der Waals surface area contributed by atoms with E-state index in [1.165, 1.54) is 0 Å². The molecule has 4 rings (SSSR count). The van der Waals surface area contributed by atoms with Crippen LogP contribution in [0.1, 0.15) is 5.56 Å². The quantitative estimate of drug-likeness (QED) is 0.417. The summed E-state index contributed by atoms with van der Waals surface area (Å²) in [6, 6.07) is 14.3. The lowest BCUT2D eigenvalue weighted by molar-refractivity contribution is 0.174. The zero-order valence-electron chi connectivity index (χ0n) is 11.5. The maximum Gasteiger partial charge on any atom is 0.231 e. The summed E-state index contributed by atoms with van der Waals surface area (Å²) in [6.07, 6.45) is 0. The molecule has 22 heavy (non-hydrogen) atoms. The topological polar surface area (TPSA) is 31.4 Å². The smallest absolute Gasteiger partial charge is 0.231 e. The van der Waals surface area contributed by atoms with Gasteiger partial charge in [-0.3, -0.25) is 0 Å². The van der Waals surface area contributed by atoms with Crippen LogP contribution in [0, 0.1) is 0 Å². The van der Waals surface area contributed by atoms with E-state index in [1.807, 2.05) is 30.3 Å². The molecule has 1 aromatic heterocycles. The van der Waals surface area contributed by atoms with Crippen LogP contribution in [0.15, 0.2) is 47.1 Å². The molecule has 0 saturated heterocycles. The van der Waals surface area contributed by atoms with Gasteiger partial charge in [0.1, 0.15) is 4.60 Å². The van der Waals surface area contributed by atoms with Crippen LogP contribution in [-0.2, 0) is 5.33 Å². The van der Waals surface area contributed by atoms with E-state index in [4.69, 9.17) is 9.47 Å². The highest BCUT2D eigenvalue weighted by molar-refractivity contribution is 9.10. The average molecular weight is 421 g/mol. The maximum absolute atomic E-state index is 5.53. The summed E-state index contributed by atoms with van der Waals surface area (Å²) in [4.78, 5) is 4.66. The highest BCUT2D eigenvalue weighted by atomic mass is 79.9. The Morgan fingerprint density at radius 1 is 1.05 bits per heavy atom. The summed E-state index contributed by atoms with van der Waals surface area (Å²) in [5, 5.41) is 1.78. The Kier molecular flexibility index (Phi) is 3.54. The van der Waals surface area contributed by atoms with Gasteiger partial charge >= 0.3 is 0 Å². The van der Waals surface area contributed by atoms with E-state index in [2.05, 4.69) is 49.0 Å². The molecule has 110 valence electrons. The molecule has 5 heteroatoms. The third-order valence-electron chi connectivity index (χ3n) is 3.73. The van der Waals surface area contributed by atoms with Gasteiger partial charge in [0.25, 0.3) is 0 Å². The summed E-state index contributed by atoms with van der Waals surface area (Å²) in [5.74, 6) is 1.52. The Morgan fingerprint density at radius 2 is 1.77 bits per heavy atom. The number of fused-ring (bicyclic) bond motifs is 2. The van der Waals surface area contributed by atoms with E-state index in [0.717, 1.165) is 49.0 Å². The predicted octanol–water partition coefficient (Wildman–Crippen LogP) is 5.29. The lowest BCUT2D eigenvalue weighted by Crippen LogP contribution is -1.94. The van der Waals surface area contributed by atoms with Crippen LogP contribution in [0.2, 0.25) is 0 Å². The van der Waals surface area contributed by atoms with E-state index in [9.17, 15) is 0 Å². The van der Waals surface area contributed by atoms with Crippen molar-refractivity contribution in [1.82, 2.24) is 4.98 Å². The third-order valence-corrected chi connectivity index (χ3v) is 4.94. The van der Waals surface area contributed by atoms with E-state index in [1.54, 1.807) is 0 Å². The number of rotatable bonds is 2. The van der Waals surface area contributed by atoms with Crippen molar-refractivity contribution in [3.63, 3.8) is 0 Å². The Bertz CT molecular complexity index is 866. The van der Waals surface area contributed by atoms with E-state index in [0.29, 0.717) is 0 Å². The Morgan fingerprint density at radius 3 is 2.50 bits per heavy atom. The molecule has 0 unspecified atom stereocenters. The number of benzene rings is 2. The van der Waals surface area contributed by atoms with Gasteiger partial charge in [-0.2, -0.15) is 0 Å². The highest BCUT2D eigenvalue weighted by Gasteiger charge is 2.20. The van der Waals surface area contributed by atoms with Crippen molar-refractivity contribution in [3.8, 4) is 22.6 Å². The minimum absolute atomic E-state index is 0.263. The van der Waals surface area contributed by atoms with Crippen molar-refractivity contribution in [2.24, 2.45) is 0 Å². The summed E-state index contributed by atoms with van der Waals surface area (Å²) in [7, 11) is 0. The number of halogens is 2. The third kappa shape index (κ3) is 2.20. The molecule has 3 aromatic rings. The largest absolute Gasteiger partial charge is 0.454 e. The first-order valence-electron chi connectivity index (χ1n) is 6.81. The highest BCUT2D eigenvalue weighted by Crippen LogP contribution is 2.42. The molecule has 1 aliphatic rings. The molecular formula is C17H11Br2NO2. The molecule has 0 bridgehead atoms. The Balaban J connectivity index is 2.11. The molecule has 1 aliphatic heterocycles. The minimum atomic E-state index is 0.263. The van der Waals surface area contributed by atoms with Gasteiger partial charge in [0, 0.05) is 22.3 Å². The zero-order valence-corrected chi connectivity index (χ0v) is 14.6. The zero-order chi connectivity index (χ0) is 15.1. The standard InChI is InChI=1S/C17H11Br2NO2/c18-8-12-16(10-4-2-1-3-5-10)11-6-14-15(22-9-21-14)7-13(11)20-17(12)19/h1-7H,8-9H2. The van der Waals surface area contributed by atoms with E-state index >= 15 is 0 Å². The van der Waals surface area contributed by atoms with Gasteiger partial charge in [0.05, 0.1) is 5.52 Å². The lowest BCUT2D eigenvalue weighted by atomic mass is 9.97. The van der Waals surface area contributed by atoms with Crippen LogP contribution >= 0.6 is 31.9 Å². The molecule has 0 N–H and O–H groups in total. The van der Waals surface area contributed by atoms with Gasteiger partial charge < -0.3 is 9.47 Å². The summed E-state index contributed by atoms with van der Waals surface area (Å²) >= 11 is 7.17. The van der Waals surface area contributed by atoms with Crippen LogP contribution in [-0.4, -0.2) is 11.8 Å². The normalized spacial score (nSPS) is 12.8. The van der Waals surface area contributed by atoms with E-state index in [-0.39, 0.29) is 6.79 Å². The number of ether oxygens (including phenoxy) is 2. The van der Waals surface area contributed by atoms with Crippen molar-refractivity contribution >= 4 is 42.8 Å². The monoisotopic (exact) mass is 419 g/mol. The summed E-state index contributed by atoms with van der Waals surface area (Å²) < 4.78 is 11.8. The van der Waals surface area contributed by atoms with Crippen molar-refractivity contribution in [2.45, 2.75) is 5.33 Å². The molecule has 2 aromatic carbocycles. The average Bonchev–Trinajstić information content (AvgIpc) is 2.99. The van der Waals surface area contributed by atoms with Gasteiger partial charge in [0.15, 0.2) is 11.5 Å². The summed E-state index contributed by atoms with van der Waals surface area (Å²) in [6.45, 7) is 0.263. The van der Waals surface area contributed by atoms with Gasteiger partial charge in [-0.15, -0.1) is 0 Å². The van der Waals surface area contributed by atoms with Crippen LogP contribution in [0.3, 0.4) is 0 Å². The number of hydrogen-bond acceptors (Lipinski definition) is 3. The number of alkyl halides is 1. The Hall–Kier alpha value is -1.59. The molecule has 2 heterocycles. The molecule has 0 spiro atoms. The van der Waals surface area contributed by atoms with Crippen molar-refractivity contribution in [1.29, 1.82) is 0 Å². The van der Waals surface area contributed by atoms with Gasteiger partial charge in [-0.05, 0) is 33.1 Å². The number of aromatic nitrogens is 1. The second kappa shape index (κ2) is 5.56. The van der Waals surface area contributed by atoms with Crippen molar-refractivity contribution in [3.05, 3.63) is 52.6 Å². The first-order chi connectivity index (χ1) is 10.8. The van der Waals surface area contributed by atoms with Crippen LogP contribution in [0.25, 0.3) is 22.0 Å². The minimum Gasteiger partial charge on any atom is -0.454 e. The van der Waals surface area contributed by atoms with Crippen LogP contribution in [0.5, 0.6) is 11.5 Å². The molecular weight excluding hydrogens is 410 g/mol. The fourth-order valence-corrected chi connectivity index (χ4v) is 4.17. The van der Waals surface area contributed by atoms with Crippen LogP contribution < -0.4 is 9.47 Å². The number of hydrogen-bond donors (Lipinski definition) is 0. The van der Waals surface area contributed by atoms with Gasteiger partial charge in [-0.25, -0.2) is 4.98 Å². The molecule has 3 nitrogen and oxygen atoms in total. The van der Waals surface area contributed by atoms with Gasteiger partial charge in [-0.1, -0.05) is 46.3 Å². The maximum atomic E-state index is 5.53. The second-order valence-corrected chi connectivity index (χ2v) is 6.29. The van der Waals surface area contributed by atoms with Crippen molar-refractivity contribution < 1.29 is 9.47 Å². The van der Waals surface area contributed by atoms with Crippen molar-refractivity contribution in [2.75, 3.05) is 6.79 Å². The molecule has 0 radical (unpaired) electrons. The predicted molar refractivity (Wildman–Crippen MR) is 93.6 cm³/mol. The molecule has 0 fully saturated rings. The molecule has 0 saturated carbocycles. The SMILES string of the molecule is BrCc1c(Br)nc2cc3c(cc2c1-c1ccccc1)OCO3. The number of nitrogens with zero attached hydrogens (tertiary/aromatic N) is 1. The first-order valence-corrected chi connectivity index (χ1v) is 8.72. The second-order valence-electron chi connectivity index (χ2n) is 4.98. The van der Waals surface area contributed by atoms with E-state index < -0.39 is 0 Å². The number of pyridine rings is 1. The molecule has 0 atom stereocenters. The fourth-order valence-electron chi connectivity index (χ4n) is 2.72. The fraction of sp³-hybridized carbons (Fsp3) is 0.118. The molecule has 0 aliphatic carbocycles. The first kappa shape index (κ1) is 14.0. The lowest BCUT2D eigenvalue weighted by Gasteiger charge is -2.14. The Labute approximate surface area is 144 Å². The summed E-state index contributed by atoms with van der Waals surface area (Å²) in [5.41, 5.74) is 4.33. The van der Waals surface area contributed by atoms with Crippen LogP contribution in [0.4, 0.5) is 0 Å².